The maximum Gasteiger partial charge on any atom is 0.229 e. The summed E-state index contributed by atoms with van der Waals surface area (Å²) in [5.74, 6) is 1.34. The summed E-state index contributed by atoms with van der Waals surface area (Å²) < 4.78 is 5.58. The second-order valence-electron chi connectivity index (χ2n) is 9.03. The number of hydrogen-bond acceptors (Lipinski definition) is 8. The zero-order valence-corrected chi connectivity index (χ0v) is 21.1. The van der Waals surface area contributed by atoms with Crippen molar-refractivity contribution in [2.45, 2.75) is 0 Å². The normalized spacial score (nSPS) is 16.9. The molecule has 8 nitrogen and oxygen atoms in total. The van der Waals surface area contributed by atoms with Crippen LogP contribution in [0.5, 0.6) is 0 Å². The van der Waals surface area contributed by atoms with Crippen LogP contribution in [0.15, 0.2) is 54.7 Å². The highest BCUT2D eigenvalue weighted by Gasteiger charge is 2.19. The van der Waals surface area contributed by atoms with Crippen LogP contribution in [0.2, 0.25) is 5.02 Å². The summed E-state index contributed by atoms with van der Waals surface area (Å²) in [5, 5.41) is 4.15. The van der Waals surface area contributed by atoms with Crippen LogP contribution in [0.1, 0.15) is 0 Å². The number of ether oxygens (including phenoxy) is 1. The van der Waals surface area contributed by atoms with Gasteiger partial charge in [-0.2, -0.15) is 4.98 Å². The highest BCUT2D eigenvalue weighted by Crippen LogP contribution is 2.31. The van der Waals surface area contributed by atoms with E-state index in [4.69, 9.17) is 21.3 Å². The van der Waals surface area contributed by atoms with Crippen LogP contribution < -0.4 is 20.0 Å². The number of anilines is 6. The first-order valence-electron chi connectivity index (χ1n) is 12.1. The molecule has 0 radical (unpaired) electrons. The molecule has 2 aromatic carbocycles. The number of nitrogens with one attached hydrogen (secondary N) is 1. The topological polar surface area (TPSA) is 60.0 Å². The Labute approximate surface area is 212 Å². The van der Waals surface area contributed by atoms with Gasteiger partial charge in [-0.15, -0.1) is 0 Å². The number of rotatable bonds is 6. The summed E-state index contributed by atoms with van der Waals surface area (Å²) in [4.78, 5) is 18.5. The van der Waals surface area contributed by atoms with Crippen molar-refractivity contribution in [2.75, 3.05) is 86.6 Å². The maximum atomic E-state index is 6.19. The van der Waals surface area contributed by atoms with Gasteiger partial charge in [-0.25, -0.2) is 4.98 Å². The van der Waals surface area contributed by atoms with E-state index in [-0.39, 0.29) is 0 Å². The predicted molar refractivity (Wildman–Crippen MR) is 144 cm³/mol. The van der Waals surface area contributed by atoms with E-state index in [1.807, 2.05) is 42.3 Å². The standard InChI is InChI=1S/C26H32ClN7O/c1-31-8-10-33(11-9-31)23-17-21(18-24(19-23)34-12-14-35-15-13-34)29-26-28-7-6-25(30-26)32(2)22-5-3-4-20(27)16-22/h3-7,16-19H,8-15H2,1-2H3,(H,28,29,30). The van der Waals surface area contributed by atoms with E-state index in [2.05, 4.69) is 50.2 Å². The summed E-state index contributed by atoms with van der Waals surface area (Å²) in [6.45, 7) is 7.43. The fourth-order valence-electron chi connectivity index (χ4n) is 4.46. The smallest absolute Gasteiger partial charge is 0.229 e. The zero-order chi connectivity index (χ0) is 24.2. The van der Waals surface area contributed by atoms with Crippen LogP contribution in [0.4, 0.5) is 34.5 Å². The largest absolute Gasteiger partial charge is 0.378 e. The number of likely N-dealkylation sites (N-methyl/N-ethyl adjacent to an activating group) is 1. The quantitative estimate of drug-likeness (QED) is 0.547. The number of halogens is 1. The summed E-state index contributed by atoms with van der Waals surface area (Å²) in [6, 6.07) is 16.3. The Morgan fingerprint density at radius 2 is 1.63 bits per heavy atom. The van der Waals surface area contributed by atoms with Gasteiger partial charge in [0, 0.05) is 80.3 Å². The lowest BCUT2D eigenvalue weighted by Gasteiger charge is -2.35. The highest BCUT2D eigenvalue weighted by molar-refractivity contribution is 6.30. The molecule has 0 unspecified atom stereocenters. The Hall–Kier alpha value is -3.07. The average Bonchev–Trinajstić information content (AvgIpc) is 2.89. The number of piperazine rings is 1. The van der Waals surface area contributed by atoms with Crippen molar-refractivity contribution in [3.63, 3.8) is 0 Å². The summed E-state index contributed by atoms with van der Waals surface area (Å²) >= 11 is 6.19. The lowest BCUT2D eigenvalue weighted by molar-refractivity contribution is 0.122. The molecule has 1 N–H and O–H groups in total. The van der Waals surface area contributed by atoms with Crippen LogP contribution >= 0.6 is 11.6 Å². The summed E-state index contributed by atoms with van der Waals surface area (Å²) in [7, 11) is 4.15. The van der Waals surface area contributed by atoms with Crippen LogP contribution in [-0.2, 0) is 4.74 Å². The van der Waals surface area contributed by atoms with Crippen molar-refractivity contribution in [1.29, 1.82) is 0 Å². The average molecular weight is 494 g/mol. The molecule has 184 valence electrons. The highest BCUT2D eigenvalue weighted by atomic mass is 35.5. The number of hydrogen-bond donors (Lipinski definition) is 1. The van der Waals surface area contributed by atoms with Gasteiger partial charge in [0.25, 0.3) is 0 Å². The van der Waals surface area contributed by atoms with E-state index in [9.17, 15) is 0 Å². The maximum absolute atomic E-state index is 6.19. The van der Waals surface area contributed by atoms with Crippen LogP contribution in [0.3, 0.4) is 0 Å². The molecule has 35 heavy (non-hydrogen) atoms. The molecule has 0 saturated carbocycles. The Balaban J connectivity index is 1.41. The van der Waals surface area contributed by atoms with Gasteiger partial charge >= 0.3 is 0 Å². The van der Waals surface area contributed by atoms with Crippen LogP contribution in [0.25, 0.3) is 0 Å². The van der Waals surface area contributed by atoms with Gasteiger partial charge in [0.05, 0.1) is 13.2 Å². The molecule has 9 heteroatoms. The van der Waals surface area contributed by atoms with Gasteiger partial charge < -0.3 is 29.7 Å². The number of nitrogens with zero attached hydrogens (tertiary/aromatic N) is 6. The zero-order valence-electron chi connectivity index (χ0n) is 20.3. The predicted octanol–water partition coefficient (Wildman–Crippen LogP) is 4.23. The molecule has 2 aliphatic rings. The van der Waals surface area contributed by atoms with Gasteiger partial charge in [0.15, 0.2) is 0 Å². The molecule has 5 rings (SSSR count). The van der Waals surface area contributed by atoms with Crippen molar-refractivity contribution in [3.8, 4) is 0 Å². The molecule has 2 fully saturated rings. The molecule has 0 bridgehead atoms. The van der Waals surface area contributed by atoms with E-state index in [0.29, 0.717) is 11.0 Å². The lowest BCUT2D eigenvalue weighted by atomic mass is 10.1. The van der Waals surface area contributed by atoms with E-state index in [1.54, 1.807) is 6.20 Å². The molecular weight excluding hydrogens is 462 g/mol. The molecule has 0 aliphatic carbocycles. The van der Waals surface area contributed by atoms with Crippen molar-refractivity contribution < 1.29 is 4.74 Å². The number of aromatic nitrogens is 2. The van der Waals surface area contributed by atoms with Gasteiger partial charge in [-0.1, -0.05) is 17.7 Å². The molecular formula is C26H32ClN7O. The van der Waals surface area contributed by atoms with Gasteiger partial charge in [-0.05, 0) is 49.5 Å². The molecule has 2 aliphatic heterocycles. The summed E-state index contributed by atoms with van der Waals surface area (Å²) in [6.07, 6.45) is 1.78. The molecule has 0 amide bonds. The van der Waals surface area contributed by atoms with Crippen LogP contribution in [-0.4, -0.2) is 81.4 Å². The second-order valence-corrected chi connectivity index (χ2v) is 9.47. The third-order valence-corrected chi connectivity index (χ3v) is 6.82. The third-order valence-electron chi connectivity index (χ3n) is 6.58. The minimum Gasteiger partial charge on any atom is -0.378 e. The molecule has 0 atom stereocenters. The van der Waals surface area contributed by atoms with Gasteiger partial charge in [0.2, 0.25) is 5.95 Å². The summed E-state index contributed by atoms with van der Waals surface area (Å²) in [5.41, 5.74) is 4.36. The lowest BCUT2D eigenvalue weighted by Crippen LogP contribution is -2.44. The first-order chi connectivity index (χ1) is 17.0. The van der Waals surface area contributed by atoms with Gasteiger partial charge in [-0.3, -0.25) is 0 Å². The van der Waals surface area contributed by atoms with Crippen molar-refractivity contribution in [3.05, 3.63) is 59.8 Å². The van der Waals surface area contributed by atoms with E-state index in [0.717, 1.165) is 69.7 Å². The molecule has 1 aromatic heterocycles. The van der Waals surface area contributed by atoms with Crippen molar-refractivity contribution >= 4 is 46.1 Å². The minimum absolute atomic E-state index is 0.555. The fourth-order valence-corrected chi connectivity index (χ4v) is 4.65. The SMILES string of the molecule is CN1CCN(c2cc(Nc3nccc(N(C)c4cccc(Cl)c4)n3)cc(N3CCOCC3)c2)CC1. The second kappa shape index (κ2) is 10.7. The van der Waals surface area contributed by atoms with E-state index in [1.165, 1.54) is 11.4 Å². The third kappa shape index (κ3) is 5.78. The van der Waals surface area contributed by atoms with E-state index >= 15 is 0 Å². The molecule has 3 aromatic rings. The first-order valence-corrected chi connectivity index (χ1v) is 12.4. The molecule has 0 spiro atoms. The Morgan fingerprint density at radius 3 is 2.34 bits per heavy atom. The minimum atomic E-state index is 0.555. The Kier molecular flexibility index (Phi) is 7.22. The van der Waals surface area contributed by atoms with E-state index < -0.39 is 0 Å². The molecule has 2 saturated heterocycles. The Morgan fingerprint density at radius 1 is 0.914 bits per heavy atom. The van der Waals surface area contributed by atoms with Gasteiger partial charge in [0.1, 0.15) is 5.82 Å². The fraction of sp³-hybridized carbons (Fsp3) is 0.385. The van der Waals surface area contributed by atoms with Crippen molar-refractivity contribution in [2.24, 2.45) is 0 Å². The molecule has 3 heterocycles. The van der Waals surface area contributed by atoms with Crippen LogP contribution in [0, 0.1) is 0 Å². The number of morpholine rings is 1. The number of benzene rings is 2. The van der Waals surface area contributed by atoms with Crippen molar-refractivity contribution in [1.82, 2.24) is 14.9 Å². The monoisotopic (exact) mass is 493 g/mol. The first kappa shape index (κ1) is 23.7. The Bertz CT molecular complexity index is 1150.